The predicted molar refractivity (Wildman–Crippen MR) is 72.8 cm³/mol. The van der Waals surface area contributed by atoms with Crippen molar-refractivity contribution in [1.29, 1.82) is 0 Å². The zero-order valence-electron chi connectivity index (χ0n) is 11.6. The second-order valence-corrected chi connectivity index (χ2v) is 5.86. The SMILES string of the molecule is CCOC(=O)c1cn[nH]c1S(=O)(=O)NCCCCC(N)=O. The zero-order chi connectivity index (χ0) is 15.9. The number of nitrogens with one attached hydrogen (secondary N) is 2. The lowest BCUT2D eigenvalue weighted by Gasteiger charge is -2.06. The number of H-pyrrole nitrogens is 1. The van der Waals surface area contributed by atoms with Crippen LogP contribution in [-0.4, -0.2) is 43.6 Å². The van der Waals surface area contributed by atoms with Crippen LogP contribution in [0.5, 0.6) is 0 Å². The fourth-order valence-corrected chi connectivity index (χ4v) is 2.69. The number of aromatic nitrogens is 2. The maximum atomic E-state index is 12.0. The van der Waals surface area contributed by atoms with Crippen molar-refractivity contribution in [3.8, 4) is 0 Å². The molecule has 118 valence electrons. The fourth-order valence-electron chi connectivity index (χ4n) is 1.54. The van der Waals surface area contributed by atoms with Crippen molar-refractivity contribution in [2.24, 2.45) is 5.73 Å². The zero-order valence-corrected chi connectivity index (χ0v) is 12.4. The molecule has 0 aliphatic carbocycles. The molecule has 0 aromatic carbocycles. The van der Waals surface area contributed by atoms with Crippen LogP contribution in [0.15, 0.2) is 11.2 Å². The van der Waals surface area contributed by atoms with E-state index < -0.39 is 21.9 Å². The van der Waals surface area contributed by atoms with Gasteiger partial charge in [-0.05, 0) is 19.8 Å². The third-order valence-electron chi connectivity index (χ3n) is 2.51. The van der Waals surface area contributed by atoms with Crippen LogP contribution < -0.4 is 10.5 Å². The second kappa shape index (κ2) is 7.74. The number of ether oxygens (including phenoxy) is 1. The van der Waals surface area contributed by atoms with E-state index >= 15 is 0 Å². The third kappa shape index (κ3) is 5.16. The Morgan fingerprint density at radius 1 is 1.43 bits per heavy atom. The highest BCUT2D eigenvalue weighted by atomic mass is 32.2. The molecule has 0 radical (unpaired) electrons. The number of carbonyl (C=O) groups is 2. The lowest BCUT2D eigenvalue weighted by molar-refractivity contribution is -0.118. The average molecular weight is 318 g/mol. The second-order valence-electron chi connectivity index (χ2n) is 4.15. The molecular formula is C11H18N4O5S. The van der Waals surface area contributed by atoms with Gasteiger partial charge in [0.15, 0.2) is 5.03 Å². The number of rotatable bonds is 9. The molecule has 9 nitrogen and oxygen atoms in total. The van der Waals surface area contributed by atoms with Crippen molar-refractivity contribution in [3.63, 3.8) is 0 Å². The van der Waals surface area contributed by atoms with E-state index in [0.717, 1.165) is 6.20 Å². The first-order valence-corrected chi connectivity index (χ1v) is 7.85. The van der Waals surface area contributed by atoms with E-state index in [-0.39, 0.29) is 30.2 Å². The van der Waals surface area contributed by atoms with Crippen molar-refractivity contribution in [2.75, 3.05) is 13.2 Å². The van der Waals surface area contributed by atoms with Crippen LogP contribution in [0.4, 0.5) is 0 Å². The predicted octanol–water partition coefficient (Wildman–Crippen LogP) is -0.480. The number of aromatic amines is 1. The van der Waals surface area contributed by atoms with Gasteiger partial charge >= 0.3 is 5.97 Å². The van der Waals surface area contributed by atoms with Crippen molar-refractivity contribution in [1.82, 2.24) is 14.9 Å². The van der Waals surface area contributed by atoms with E-state index in [2.05, 4.69) is 14.9 Å². The highest BCUT2D eigenvalue weighted by Crippen LogP contribution is 2.13. The Bertz CT molecular complexity index is 596. The molecule has 0 saturated carbocycles. The van der Waals surface area contributed by atoms with Crippen LogP contribution in [0.2, 0.25) is 0 Å². The molecule has 0 unspecified atom stereocenters. The first kappa shape index (κ1) is 17.1. The molecule has 0 fully saturated rings. The summed E-state index contributed by atoms with van der Waals surface area (Å²) in [6.45, 7) is 1.87. The smallest absolute Gasteiger partial charge is 0.342 e. The molecule has 0 atom stereocenters. The highest BCUT2D eigenvalue weighted by molar-refractivity contribution is 7.89. The highest BCUT2D eigenvalue weighted by Gasteiger charge is 2.25. The van der Waals surface area contributed by atoms with E-state index in [1.807, 2.05) is 0 Å². The summed E-state index contributed by atoms with van der Waals surface area (Å²) in [5.41, 5.74) is 4.83. The molecular weight excluding hydrogens is 300 g/mol. The van der Waals surface area contributed by atoms with Crippen molar-refractivity contribution >= 4 is 21.9 Å². The molecule has 0 aliphatic rings. The Hall–Kier alpha value is -1.94. The molecule has 0 bridgehead atoms. The third-order valence-corrected chi connectivity index (χ3v) is 3.94. The first-order chi connectivity index (χ1) is 9.88. The van der Waals surface area contributed by atoms with Gasteiger partial charge in [0.25, 0.3) is 10.0 Å². The maximum absolute atomic E-state index is 12.0. The minimum absolute atomic E-state index is 0.122. The van der Waals surface area contributed by atoms with E-state index in [4.69, 9.17) is 10.5 Å². The molecule has 4 N–H and O–H groups in total. The summed E-state index contributed by atoms with van der Waals surface area (Å²) in [4.78, 5) is 22.1. The minimum Gasteiger partial charge on any atom is -0.462 e. The van der Waals surface area contributed by atoms with Crippen LogP contribution in [0.25, 0.3) is 0 Å². The van der Waals surface area contributed by atoms with Crippen molar-refractivity contribution in [3.05, 3.63) is 11.8 Å². The quantitative estimate of drug-likeness (QED) is 0.414. The van der Waals surface area contributed by atoms with Crippen molar-refractivity contribution in [2.45, 2.75) is 31.2 Å². The van der Waals surface area contributed by atoms with Crippen LogP contribution in [-0.2, 0) is 19.6 Å². The number of carbonyl (C=O) groups excluding carboxylic acids is 2. The van der Waals surface area contributed by atoms with Gasteiger partial charge in [0.1, 0.15) is 5.56 Å². The molecule has 1 heterocycles. The average Bonchev–Trinajstić information content (AvgIpc) is 2.88. The normalized spacial score (nSPS) is 11.3. The standard InChI is InChI=1S/C11H18N4O5S/c1-2-20-11(17)8-7-13-15-10(8)21(18,19)14-6-4-3-5-9(12)16/h7,14H,2-6H2,1H3,(H2,12,16)(H,13,15). The maximum Gasteiger partial charge on any atom is 0.342 e. The first-order valence-electron chi connectivity index (χ1n) is 6.37. The molecule has 10 heteroatoms. The van der Waals surface area contributed by atoms with Gasteiger partial charge < -0.3 is 10.5 Å². The van der Waals surface area contributed by atoms with Gasteiger partial charge in [-0.2, -0.15) is 5.10 Å². The molecule has 1 aromatic heterocycles. The van der Waals surface area contributed by atoms with E-state index in [1.165, 1.54) is 0 Å². The summed E-state index contributed by atoms with van der Waals surface area (Å²) in [5, 5.41) is 5.49. The monoisotopic (exact) mass is 318 g/mol. The number of hydrogen-bond donors (Lipinski definition) is 3. The minimum atomic E-state index is -3.90. The number of amides is 1. The Balaban J connectivity index is 2.65. The molecule has 21 heavy (non-hydrogen) atoms. The van der Waals surface area contributed by atoms with Gasteiger partial charge in [0.05, 0.1) is 12.8 Å². The topological polar surface area (TPSA) is 144 Å². The molecule has 0 saturated heterocycles. The Kier molecular flexibility index (Phi) is 6.31. The van der Waals surface area contributed by atoms with Gasteiger partial charge in [0, 0.05) is 13.0 Å². The summed E-state index contributed by atoms with van der Waals surface area (Å²) in [7, 11) is -3.90. The molecule has 1 rings (SSSR count). The van der Waals surface area contributed by atoms with Crippen molar-refractivity contribution < 1.29 is 22.7 Å². The van der Waals surface area contributed by atoms with Crippen LogP contribution >= 0.6 is 0 Å². The number of sulfonamides is 1. The van der Waals surface area contributed by atoms with Gasteiger partial charge in [-0.3, -0.25) is 9.89 Å². The number of nitrogens with zero attached hydrogens (tertiary/aromatic N) is 1. The summed E-state index contributed by atoms with van der Waals surface area (Å²) in [6, 6.07) is 0. The number of nitrogens with two attached hydrogens (primary N) is 1. The molecule has 1 amide bonds. The van der Waals surface area contributed by atoms with Gasteiger partial charge in [-0.15, -0.1) is 0 Å². The van der Waals surface area contributed by atoms with E-state index in [1.54, 1.807) is 6.92 Å². The summed E-state index contributed by atoms with van der Waals surface area (Å²) >= 11 is 0. The number of primary amides is 1. The largest absolute Gasteiger partial charge is 0.462 e. The van der Waals surface area contributed by atoms with Gasteiger partial charge in [-0.1, -0.05) is 0 Å². The summed E-state index contributed by atoms with van der Waals surface area (Å²) in [5.74, 6) is -1.20. The summed E-state index contributed by atoms with van der Waals surface area (Å²) < 4.78 is 31.1. The van der Waals surface area contributed by atoms with Crippen LogP contribution in [0.1, 0.15) is 36.5 Å². The molecule has 0 aliphatic heterocycles. The lowest BCUT2D eigenvalue weighted by atomic mass is 10.2. The fraction of sp³-hybridized carbons (Fsp3) is 0.545. The van der Waals surface area contributed by atoms with E-state index in [9.17, 15) is 18.0 Å². The van der Waals surface area contributed by atoms with E-state index in [0.29, 0.717) is 12.8 Å². The van der Waals surface area contributed by atoms with Crippen LogP contribution in [0.3, 0.4) is 0 Å². The Morgan fingerprint density at radius 2 is 2.14 bits per heavy atom. The summed E-state index contributed by atoms with van der Waals surface area (Å²) in [6.07, 6.45) is 2.22. The number of esters is 1. The number of unbranched alkanes of at least 4 members (excludes halogenated alkanes) is 1. The number of hydrogen-bond acceptors (Lipinski definition) is 6. The lowest BCUT2D eigenvalue weighted by Crippen LogP contribution is -2.27. The molecule has 1 aromatic rings. The van der Waals surface area contributed by atoms with Crippen LogP contribution in [0, 0.1) is 0 Å². The molecule has 0 spiro atoms. The Morgan fingerprint density at radius 3 is 2.76 bits per heavy atom. The Labute approximate surface area is 122 Å². The van der Waals surface area contributed by atoms with Gasteiger partial charge in [0.2, 0.25) is 5.91 Å². The van der Waals surface area contributed by atoms with Gasteiger partial charge in [-0.25, -0.2) is 17.9 Å².